The van der Waals surface area contributed by atoms with Crippen LogP contribution in [0.25, 0.3) is 27.5 Å². The van der Waals surface area contributed by atoms with Crippen molar-refractivity contribution >= 4 is 50.2 Å². The number of rotatable bonds is 6. The number of nitrogens with zero attached hydrogens (tertiary/aromatic N) is 3. The number of para-hydroxylation sites is 4. The second-order valence-corrected chi connectivity index (χ2v) is 11.9. The number of benzene rings is 6. The maximum absolute atomic E-state index is 2.43. The molecule has 0 N–H and O–H groups in total. The molecule has 3 heteroatoms. The van der Waals surface area contributed by atoms with Crippen molar-refractivity contribution in [3.8, 4) is 5.69 Å². The molecule has 0 saturated carbocycles. The molecule has 6 aromatic carbocycles. The summed E-state index contributed by atoms with van der Waals surface area (Å²) in [7, 11) is 0. The Bertz CT molecular complexity index is 1950. The zero-order chi connectivity index (χ0) is 29.4. The minimum Gasteiger partial charge on any atom is -0.336 e. The smallest absolute Gasteiger partial charge is 0.0542 e. The summed E-state index contributed by atoms with van der Waals surface area (Å²) in [4.78, 5) is 4.77. The van der Waals surface area contributed by atoms with Gasteiger partial charge in [0.15, 0.2) is 0 Å². The molecule has 1 heterocycles. The highest BCUT2D eigenvalue weighted by atomic mass is 15.2. The molecule has 0 spiro atoms. The molecule has 0 aliphatic heterocycles. The predicted molar refractivity (Wildman–Crippen MR) is 184 cm³/mol. The SMILES string of the molecule is CC(C)(C)N(c1ccccc1)c1ccc2c(c1)c1cc(N(c3ccccc3)c3ccccc3)ccc1n2-c1ccccc1. The Labute approximate surface area is 253 Å². The second-order valence-electron chi connectivity index (χ2n) is 11.9. The molecular formula is C40H35N3. The molecule has 210 valence electrons. The van der Waals surface area contributed by atoms with Crippen molar-refractivity contribution in [3.05, 3.63) is 158 Å². The summed E-state index contributed by atoms with van der Waals surface area (Å²) >= 11 is 0. The minimum atomic E-state index is -0.116. The molecule has 43 heavy (non-hydrogen) atoms. The fourth-order valence-electron chi connectivity index (χ4n) is 6.23. The first-order valence-electron chi connectivity index (χ1n) is 14.9. The highest BCUT2D eigenvalue weighted by Crippen LogP contribution is 2.42. The Morgan fingerprint density at radius 2 is 0.837 bits per heavy atom. The van der Waals surface area contributed by atoms with Crippen molar-refractivity contribution in [1.82, 2.24) is 4.57 Å². The van der Waals surface area contributed by atoms with Gasteiger partial charge in [0.05, 0.1) is 11.0 Å². The summed E-state index contributed by atoms with van der Waals surface area (Å²) in [6.45, 7) is 6.81. The third-order valence-electron chi connectivity index (χ3n) is 7.98. The van der Waals surface area contributed by atoms with Gasteiger partial charge in [0.25, 0.3) is 0 Å². The Hall–Kier alpha value is -5.28. The van der Waals surface area contributed by atoms with Gasteiger partial charge in [0.1, 0.15) is 0 Å². The highest BCUT2D eigenvalue weighted by Gasteiger charge is 2.25. The summed E-state index contributed by atoms with van der Waals surface area (Å²) in [5, 5.41) is 2.45. The third kappa shape index (κ3) is 4.93. The van der Waals surface area contributed by atoms with Gasteiger partial charge in [-0.15, -0.1) is 0 Å². The van der Waals surface area contributed by atoms with Crippen LogP contribution in [0.1, 0.15) is 20.8 Å². The molecule has 0 bridgehead atoms. The number of hydrogen-bond acceptors (Lipinski definition) is 2. The maximum Gasteiger partial charge on any atom is 0.0542 e. The van der Waals surface area contributed by atoms with E-state index < -0.39 is 0 Å². The number of fused-ring (bicyclic) bond motifs is 3. The molecule has 0 atom stereocenters. The molecule has 1 aromatic heterocycles. The summed E-state index contributed by atoms with van der Waals surface area (Å²) < 4.78 is 2.39. The third-order valence-corrected chi connectivity index (χ3v) is 7.98. The van der Waals surface area contributed by atoms with E-state index >= 15 is 0 Å². The van der Waals surface area contributed by atoms with Crippen LogP contribution >= 0.6 is 0 Å². The second kappa shape index (κ2) is 10.8. The van der Waals surface area contributed by atoms with Crippen LogP contribution < -0.4 is 9.80 Å². The van der Waals surface area contributed by atoms with Gasteiger partial charge >= 0.3 is 0 Å². The van der Waals surface area contributed by atoms with E-state index in [0.29, 0.717) is 0 Å². The van der Waals surface area contributed by atoms with E-state index in [0.717, 1.165) is 22.7 Å². The first-order chi connectivity index (χ1) is 21.0. The summed E-state index contributed by atoms with van der Waals surface area (Å²) in [6.07, 6.45) is 0. The van der Waals surface area contributed by atoms with Crippen LogP contribution in [0.5, 0.6) is 0 Å². The lowest BCUT2D eigenvalue weighted by Gasteiger charge is -2.38. The van der Waals surface area contributed by atoms with Crippen LogP contribution in [-0.2, 0) is 0 Å². The standard InChI is InChI=1S/C40H35N3/c1-40(2,3)43(33-22-14-7-15-23-33)35-25-27-39-37(29-35)36-28-34(24-26-38(36)42(39)32-20-12-6-13-21-32)41(30-16-8-4-9-17-30)31-18-10-5-11-19-31/h4-29H,1-3H3. The van der Waals surface area contributed by atoms with Gasteiger partial charge in [-0.2, -0.15) is 0 Å². The average molecular weight is 558 g/mol. The predicted octanol–water partition coefficient (Wildman–Crippen LogP) is 11.2. The van der Waals surface area contributed by atoms with E-state index in [4.69, 9.17) is 0 Å². The summed E-state index contributed by atoms with van der Waals surface area (Å²) in [5.41, 5.74) is 9.15. The van der Waals surface area contributed by atoms with Gasteiger partial charge in [0.2, 0.25) is 0 Å². The molecule has 0 saturated heterocycles. The van der Waals surface area contributed by atoms with E-state index in [9.17, 15) is 0 Å². The van der Waals surface area contributed by atoms with E-state index in [-0.39, 0.29) is 5.54 Å². The normalized spacial score (nSPS) is 11.6. The number of hydrogen-bond donors (Lipinski definition) is 0. The van der Waals surface area contributed by atoms with Crippen molar-refractivity contribution in [1.29, 1.82) is 0 Å². The molecule has 7 rings (SSSR count). The van der Waals surface area contributed by atoms with Crippen molar-refractivity contribution < 1.29 is 0 Å². The van der Waals surface area contributed by atoms with Crippen molar-refractivity contribution in [2.24, 2.45) is 0 Å². The first kappa shape index (κ1) is 26.6. The van der Waals surface area contributed by atoms with Crippen molar-refractivity contribution in [2.75, 3.05) is 9.80 Å². The molecule has 0 amide bonds. The Kier molecular flexibility index (Phi) is 6.71. The highest BCUT2D eigenvalue weighted by molar-refractivity contribution is 6.11. The lowest BCUT2D eigenvalue weighted by molar-refractivity contribution is 0.560. The van der Waals surface area contributed by atoms with Gasteiger partial charge in [-0.05, 0) is 106 Å². The summed E-state index contributed by atoms with van der Waals surface area (Å²) in [6, 6.07) is 56.4. The number of anilines is 5. The van der Waals surface area contributed by atoms with E-state index in [1.807, 2.05) is 0 Å². The minimum absolute atomic E-state index is 0.116. The zero-order valence-corrected chi connectivity index (χ0v) is 24.9. The fraction of sp³-hybridized carbons (Fsp3) is 0.100. The number of aromatic nitrogens is 1. The molecule has 0 aliphatic rings. The van der Waals surface area contributed by atoms with Crippen LogP contribution in [0.3, 0.4) is 0 Å². The lowest BCUT2D eigenvalue weighted by Crippen LogP contribution is -2.37. The molecule has 7 aromatic rings. The van der Waals surface area contributed by atoms with Crippen molar-refractivity contribution in [2.45, 2.75) is 26.3 Å². The van der Waals surface area contributed by atoms with E-state index in [2.05, 4.69) is 193 Å². The van der Waals surface area contributed by atoms with Gasteiger partial charge in [-0.3, -0.25) is 0 Å². The van der Waals surface area contributed by atoms with Gasteiger partial charge in [-0.25, -0.2) is 0 Å². The van der Waals surface area contributed by atoms with E-state index in [1.54, 1.807) is 0 Å². The van der Waals surface area contributed by atoms with Crippen LogP contribution in [0.4, 0.5) is 28.4 Å². The topological polar surface area (TPSA) is 11.4 Å². The first-order valence-corrected chi connectivity index (χ1v) is 14.9. The monoisotopic (exact) mass is 557 g/mol. The molecule has 3 nitrogen and oxygen atoms in total. The van der Waals surface area contributed by atoms with Gasteiger partial charge < -0.3 is 14.4 Å². The molecule has 0 unspecified atom stereocenters. The average Bonchev–Trinajstić information content (AvgIpc) is 3.36. The Morgan fingerprint density at radius 1 is 0.419 bits per heavy atom. The molecule has 0 fully saturated rings. The van der Waals surface area contributed by atoms with Gasteiger partial charge in [-0.1, -0.05) is 72.8 Å². The lowest BCUT2D eigenvalue weighted by atomic mass is 10.0. The largest absolute Gasteiger partial charge is 0.336 e. The van der Waals surface area contributed by atoms with Crippen molar-refractivity contribution in [3.63, 3.8) is 0 Å². The fourth-order valence-corrected chi connectivity index (χ4v) is 6.23. The van der Waals surface area contributed by atoms with Gasteiger partial charge in [0, 0.05) is 50.4 Å². The van der Waals surface area contributed by atoms with Crippen LogP contribution in [-0.4, -0.2) is 10.1 Å². The van der Waals surface area contributed by atoms with Crippen LogP contribution in [0.15, 0.2) is 158 Å². The van der Waals surface area contributed by atoms with E-state index in [1.165, 1.54) is 33.2 Å². The molecule has 0 aliphatic carbocycles. The Balaban J connectivity index is 1.50. The van der Waals surface area contributed by atoms with Crippen LogP contribution in [0.2, 0.25) is 0 Å². The Morgan fingerprint density at radius 3 is 1.33 bits per heavy atom. The maximum atomic E-state index is 2.43. The van der Waals surface area contributed by atoms with Crippen LogP contribution in [0, 0.1) is 0 Å². The quantitative estimate of drug-likeness (QED) is 0.201. The molecular weight excluding hydrogens is 522 g/mol. The zero-order valence-electron chi connectivity index (χ0n) is 24.9. The summed E-state index contributed by atoms with van der Waals surface area (Å²) in [5.74, 6) is 0. The molecule has 0 radical (unpaired) electrons.